The Labute approximate surface area is 121 Å². The number of hydrogen-bond donors (Lipinski definition) is 2. The molecule has 0 aliphatic carbocycles. The fourth-order valence-corrected chi connectivity index (χ4v) is 2.64. The lowest BCUT2D eigenvalue weighted by molar-refractivity contribution is 0.0694. The lowest BCUT2D eigenvalue weighted by Gasteiger charge is -2.17. The average molecular weight is 292 g/mol. The summed E-state index contributed by atoms with van der Waals surface area (Å²) in [5, 5.41) is 20.4. The fourth-order valence-electron chi connectivity index (χ4n) is 2.02. The number of rotatable bonds is 5. The summed E-state index contributed by atoms with van der Waals surface area (Å²) in [5.41, 5.74) is 0.869. The van der Waals surface area contributed by atoms with Crippen molar-refractivity contribution < 1.29 is 9.90 Å². The number of aromatic carboxylic acids is 1. The summed E-state index contributed by atoms with van der Waals surface area (Å²) in [4.78, 5) is 12.2. The van der Waals surface area contributed by atoms with E-state index in [1.165, 1.54) is 11.8 Å². The van der Waals surface area contributed by atoms with Crippen LogP contribution in [0.1, 0.15) is 29.1 Å². The van der Waals surface area contributed by atoms with E-state index in [1.807, 2.05) is 26.3 Å². The quantitative estimate of drug-likeness (QED) is 0.824. The number of thioether (sulfide) groups is 1. The second-order valence-corrected chi connectivity index (χ2v) is 5.20. The topological polar surface area (TPSA) is 80.0 Å². The van der Waals surface area contributed by atoms with E-state index in [2.05, 4.69) is 15.5 Å². The molecule has 0 aliphatic rings. The van der Waals surface area contributed by atoms with Crippen molar-refractivity contribution in [2.45, 2.75) is 17.9 Å². The van der Waals surface area contributed by atoms with Crippen molar-refractivity contribution in [3.8, 4) is 0 Å². The summed E-state index contributed by atoms with van der Waals surface area (Å²) in [5.74, 6) is -0.196. The summed E-state index contributed by atoms with van der Waals surface area (Å²) in [6.45, 7) is 1.92. The molecule has 1 heterocycles. The van der Waals surface area contributed by atoms with Crippen molar-refractivity contribution in [2.75, 3.05) is 11.6 Å². The van der Waals surface area contributed by atoms with Crippen molar-refractivity contribution in [3.05, 3.63) is 35.9 Å². The third-order valence-corrected chi connectivity index (χ3v) is 3.75. The van der Waals surface area contributed by atoms with Crippen LogP contribution in [0, 0.1) is 0 Å². The number of aromatic nitrogens is 3. The Morgan fingerprint density at radius 2 is 2.25 bits per heavy atom. The van der Waals surface area contributed by atoms with E-state index in [9.17, 15) is 9.90 Å². The molecule has 0 spiro atoms. The maximum Gasteiger partial charge on any atom is 0.338 e. The predicted molar refractivity (Wildman–Crippen MR) is 78.2 cm³/mol. The Balaban J connectivity index is 2.34. The van der Waals surface area contributed by atoms with E-state index in [1.54, 1.807) is 23.0 Å². The van der Waals surface area contributed by atoms with Crippen LogP contribution in [0.15, 0.2) is 29.4 Å². The van der Waals surface area contributed by atoms with Crippen LogP contribution >= 0.6 is 11.8 Å². The molecule has 0 fully saturated rings. The Morgan fingerprint density at radius 1 is 1.50 bits per heavy atom. The number of nitrogens with one attached hydrogen (secondary N) is 1. The Hall–Kier alpha value is -2.02. The molecule has 7 heteroatoms. The molecule has 6 nitrogen and oxygen atoms in total. The second-order valence-electron chi connectivity index (χ2n) is 4.35. The van der Waals surface area contributed by atoms with Gasteiger partial charge in [-0.3, -0.25) is 0 Å². The first-order valence-corrected chi connectivity index (χ1v) is 7.27. The molecule has 1 aromatic heterocycles. The Bertz CT molecular complexity index is 627. The van der Waals surface area contributed by atoms with Gasteiger partial charge < -0.3 is 15.0 Å². The molecule has 1 atom stereocenters. The summed E-state index contributed by atoms with van der Waals surface area (Å²) in [6.07, 6.45) is 3.47. The summed E-state index contributed by atoms with van der Waals surface area (Å²) < 4.78 is 1.80. The monoisotopic (exact) mass is 292 g/mol. The zero-order valence-corrected chi connectivity index (χ0v) is 12.3. The van der Waals surface area contributed by atoms with Crippen LogP contribution in [0.25, 0.3) is 0 Å². The van der Waals surface area contributed by atoms with Gasteiger partial charge in [-0.2, -0.15) is 0 Å². The van der Waals surface area contributed by atoms with Gasteiger partial charge in [-0.25, -0.2) is 4.79 Å². The molecule has 2 N–H and O–H groups in total. The fraction of sp³-hybridized carbons (Fsp3) is 0.308. The molecule has 2 rings (SSSR count). The standard InChI is InChI=1S/C13H16N4O2S/c1-8(12-16-14-7-17(12)2)15-9-5-4-6-10(20-3)11(9)13(18)19/h4-8,15H,1-3H3,(H,18,19). The smallest absolute Gasteiger partial charge is 0.338 e. The highest BCUT2D eigenvalue weighted by Gasteiger charge is 2.18. The van der Waals surface area contributed by atoms with E-state index >= 15 is 0 Å². The molecule has 20 heavy (non-hydrogen) atoms. The molecule has 2 aromatic rings. The number of anilines is 1. The number of carboxylic acids is 1. The molecule has 0 amide bonds. The molecule has 1 unspecified atom stereocenters. The van der Waals surface area contributed by atoms with Crippen molar-refractivity contribution in [3.63, 3.8) is 0 Å². The van der Waals surface area contributed by atoms with E-state index < -0.39 is 5.97 Å². The van der Waals surface area contributed by atoms with Gasteiger partial charge in [-0.05, 0) is 25.3 Å². The number of benzene rings is 1. The molecule has 0 saturated carbocycles. The molecule has 0 radical (unpaired) electrons. The van der Waals surface area contributed by atoms with Gasteiger partial charge in [0.05, 0.1) is 17.3 Å². The lowest BCUT2D eigenvalue weighted by atomic mass is 10.1. The molecular weight excluding hydrogens is 276 g/mol. The van der Waals surface area contributed by atoms with Crippen LogP contribution in [-0.2, 0) is 7.05 Å². The molecule has 0 bridgehead atoms. The van der Waals surface area contributed by atoms with Crippen molar-refractivity contribution in [1.82, 2.24) is 14.8 Å². The van der Waals surface area contributed by atoms with Gasteiger partial charge in [0.25, 0.3) is 0 Å². The summed E-state index contributed by atoms with van der Waals surface area (Å²) >= 11 is 1.41. The molecule has 0 aliphatic heterocycles. The first-order chi connectivity index (χ1) is 9.54. The lowest BCUT2D eigenvalue weighted by Crippen LogP contribution is -2.14. The SMILES string of the molecule is CSc1cccc(NC(C)c2nncn2C)c1C(=O)O. The van der Waals surface area contributed by atoms with Crippen molar-refractivity contribution >= 4 is 23.4 Å². The third-order valence-electron chi connectivity index (χ3n) is 2.97. The minimum atomic E-state index is -0.942. The average Bonchev–Trinajstić information content (AvgIpc) is 2.84. The minimum absolute atomic E-state index is 0.141. The predicted octanol–water partition coefficient (Wildman–Crippen LogP) is 2.41. The number of carboxylic acid groups (broad SMARTS) is 1. The number of aryl methyl sites for hydroxylation is 1. The molecule has 0 saturated heterocycles. The van der Waals surface area contributed by atoms with Crippen LogP contribution in [0.5, 0.6) is 0 Å². The van der Waals surface area contributed by atoms with Gasteiger partial charge in [0.15, 0.2) is 5.82 Å². The number of carbonyl (C=O) groups is 1. The van der Waals surface area contributed by atoms with E-state index in [4.69, 9.17) is 0 Å². The van der Waals surface area contributed by atoms with Crippen LogP contribution in [0.3, 0.4) is 0 Å². The van der Waals surface area contributed by atoms with Crippen molar-refractivity contribution in [1.29, 1.82) is 0 Å². The van der Waals surface area contributed by atoms with E-state index in [0.717, 1.165) is 10.7 Å². The molecule has 1 aromatic carbocycles. The van der Waals surface area contributed by atoms with Gasteiger partial charge >= 0.3 is 5.97 Å². The summed E-state index contributed by atoms with van der Waals surface area (Å²) in [6, 6.07) is 5.25. The number of nitrogens with zero attached hydrogens (tertiary/aromatic N) is 3. The Morgan fingerprint density at radius 3 is 2.80 bits per heavy atom. The van der Waals surface area contributed by atoms with Crippen LogP contribution in [-0.4, -0.2) is 32.1 Å². The van der Waals surface area contributed by atoms with Crippen LogP contribution in [0.4, 0.5) is 5.69 Å². The van der Waals surface area contributed by atoms with Gasteiger partial charge in [0.2, 0.25) is 0 Å². The van der Waals surface area contributed by atoms with Crippen LogP contribution < -0.4 is 5.32 Å². The highest BCUT2D eigenvalue weighted by atomic mass is 32.2. The van der Waals surface area contributed by atoms with Crippen molar-refractivity contribution in [2.24, 2.45) is 7.05 Å². The zero-order chi connectivity index (χ0) is 14.7. The minimum Gasteiger partial charge on any atom is -0.478 e. The molecule has 106 valence electrons. The highest BCUT2D eigenvalue weighted by molar-refractivity contribution is 7.98. The van der Waals surface area contributed by atoms with Gasteiger partial charge in [-0.1, -0.05) is 6.07 Å². The van der Waals surface area contributed by atoms with E-state index in [-0.39, 0.29) is 11.6 Å². The Kier molecular flexibility index (Phi) is 4.29. The zero-order valence-electron chi connectivity index (χ0n) is 11.5. The largest absolute Gasteiger partial charge is 0.478 e. The number of hydrogen-bond acceptors (Lipinski definition) is 5. The van der Waals surface area contributed by atoms with Crippen LogP contribution in [0.2, 0.25) is 0 Å². The highest BCUT2D eigenvalue weighted by Crippen LogP contribution is 2.29. The van der Waals surface area contributed by atoms with Gasteiger partial charge in [-0.15, -0.1) is 22.0 Å². The maximum atomic E-state index is 11.4. The third kappa shape index (κ3) is 2.77. The first kappa shape index (κ1) is 14.4. The normalized spacial score (nSPS) is 12.2. The summed E-state index contributed by atoms with van der Waals surface area (Å²) in [7, 11) is 1.85. The van der Waals surface area contributed by atoms with Gasteiger partial charge in [0, 0.05) is 11.9 Å². The van der Waals surface area contributed by atoms with E-state index in [0.29, 0.717) is 5.69 Å². The second kappa shape index (κ2) is 5.96. The first-order valence-electron chi connectivity index (χ1n) is 6.05. The molecular formula is C13H16N4O2S. The maximum absolute atomic E-state index is 11.4. The van der Waals surface area contributed by atoms with Gasteiger partial charge in [0.1, 0.15) is 6.33 Å².